The Morgan fingerprint density at radius 2 is 2.04 bits per heavy atom. The number of hydrogen-bond donors (Lipinski definition) is 1. The zero-order chi connectivity index (χ0) is 17.4. The molecular weight excluding hydrogens is 299 g/mol. The molecule has 1 amide bonds. The molecule has 6 nitrogen and oxygen atoms in total. The number of carbonyl (C=O) groups excluding carboxylic acids is 1. The van der Waals surface area contributed by atoms with Gasteiger partial charge in [-0.25, -0.2) is 9.38 Å². The fourth-order valence-electron chi connectivity index (χ4n) is 1.91. The van der Waals surface area contributed by atoms with Crippen molar-refractivity contribution in [2.45, 2.75) is 13.5 Å². The van der Waals surface area contributed by atoms with Gasteiger partial charge in [-0.1, -0.05) is 6.07 Å². The Balaban J connectivity index is 2.81. The molecule has 0 saturated heterocycles. The maximum atomic E-state index is 13.8. The molecule has 128 valence electrons. The lowest BCUT2D eigenvalue weighted by atomic mass is 10.2. The molecule has 1 aromatic carbocycles. The van der Waals surface area contributed by atoms with Crippen molar-refractivity contribution in [1.82, 2.24) is 15.1 Å². The first-order valence-electron chi connectivity index (χ1n) is 7.41. The summed E-state index contributed by atoms with van der Waals surface area (Å²) in [6.45, 7) is 3.15. The first-order chi connectivity index (χ1) is 10.9. The number of methoxy groups -OCH3 is 1. The van der Waals surface area contributed by atoms with Crippen LogP contribution < -0.4 is 10.1 Å². The maximum absolute atomic E-state index is 13.8. The van der Waals surface area contributed by atoms with Crippen molar-refractivity contribution in [2.24, 2.45) is 4.99 Å². The number of nitrogens with one attached hydrogen (secondary N) is 1. The van der Waals surface area contributed by atoms with E-state index in [0.717, 1.165) is 5.56 Å². The Bertz CT molecular complexity index is 561. The van der Waals surface area contributed by atoms with E-state index in [4.69, 9.17) is 4.74 Å². The van der Waals surface area contributed by atoms with E-state index in [1.54, 1.807) is 26.2 Å². The molecule has 0 aliphatic carbocycles. The van der Waals surface area contributed by atoms with Crippen molar-refractivity contribution in [2.75, 3.05) is 41.3 Å². The Morgan fingerprint density at radius 1 is 1.35 bits per heavy atom. The molecule has 0 spiro atoms. The standard InChI is InChI=1S/C16H25FN4O2/c1-6-18-16(19-10-15(22)20(2)3)21(4)11-12-7-8-14(23-5)13(17)9-12/h7-9H,6,10-11H2,1-5H3,(H,18,19). The van der Waals surface area contributed by atoms with Crippen molar-refractivity contribution in [3.05, 3.63) is 29.6 Å². The van der Waals surface area contributed by atoms with E-state index in [1.807, 2.05) is 18.9 Å². The summed E-state index contributed by atoms with van der Waals surface area (Å²) in [4.78, 5) is 19.3. The topological polar surface area (TPSA) is 57.2 Å². The van der Waals surface area contributed by atoms with Gasteiger partial charge in [0.05, 0.1) is 7.11 Å². The first-order valence-corrected chi connectivity index (χ1v) is 7.41. The van der Waals surface area contributed by atoms with Gasteiger partial charge in [-0.3, -0.25) is 4.79 Å². The predicted octanol–water partition coefficient (Wildman–Crippen LogP) is 1.32. The largest absolute Gasteiger partial charge is 0.494 e. The molecule has 23 heavy (non-hydrogen) atoms. The fraction of sp³-hybridized carbons (Fsp3) is 0.500. The number of aliphatic imine (C=N–C) groups is 1. The molecule has 0 bridgehead atoms. The van der Waals surface area contributed by atoms with Gasteiger partial charge in [0.2, 0.25) is 5.91 Å². The summed E-state index contributed by atoms with van der Waals surface area (Å²) in [6, 6.07) is 4.83. The van der Waals surface area contributed by atoms with Gasteiger partial charge in [0.25, 0.3) is 0 Å². The second kappa shape index (κ2) is 8.97. The molecule has 0 radical (unpaired) electrons. The summed E-state index contributed by atoms with van der Waals surface area (Å²) >= 11 is 0. The molecule has 0 fully saturated rings. The summed E-state index contributed by atoms with van der Waals surface area (Å²) in [7, 11) is 6.65. The van der Waals surface area contributed by atoms with Crippen LogP contribution >= 0.6 is 0 Å². The van der Waals surface area contributed by atoms with Crippen LogP contribution in [0.5, 0.6) is 5.75 Å². The number of amides is 1. The van der Waals surface area contributed by atoms with Crippen LogP contribution in [0.2, 0.25) is 0 Å². The van der Waals surface area contributed by atoms with Gasteiger partial charge in [0.1, 0.15) is 6.54 Å². The van der Waals surface area contributed by atoms with Gasteiger partial charge in [-0.2, -0.15) is 0 Å². The smallest absolute Gasteiger partial charge is 0.243 e. The lowest BCUT2D eigenvalue weighted by Gasteiger charge is -2.22. The highest BCUT2D eigenvalue weighted by Gasteiger charge is 2.10. The van der Waals surface area contributed by atoms with Gasteiger partial charge in [-0.05, 0) is 24.6 Å². The van der Waals surface area contributed by atoms with Gasteiger partial charge in [0, 0.05) is 34.2 Å². The summed E-state index contributed by atoms with van der Waals surface area (Å²) < 4.78 is 18.7. The van der Waals surface area contributed by atoms with Crippen LogP contribution in [-0.4, -0.2) is 63.0 Å². The average molecular weight is 324 g/mol. The average Bonchev–Trinajstić information content (AvgIpc) is 2.51. The minimum absolute atomic E-state index is 0.0661. The minimum Gasteiger partial charge on any atom is -0.494 e. The molecule has 0 heterocycles. The molecule has 0 aromatic heterocycles. The van der Waals surface area contributed by atoms with E-state index in [2.05, 4.69) is 10.3 Å². The van der Waals surface area contributed by atoms with Gasteiger partial charge < -0.3 is 19.9 Å². The van der Waals surface area contributed by atoms with Crippen LogP contribution in [0.15, 0.2) is 23.2 Å². The van der Waals surface area contributed by atoms with Gasteiger partial charge in [-0.15, -0.1) is 0 Å². The fourth-order valence-corrected chi connectivity index (χ4v) is 1.91. The minimum atomic E-state index is -0.400. The molecule has 0 unspecified atom stereocenters. The van der Waals surface area contributed by atoms with E-state index < -0.39 is 5.82 Å². The number of nitrogens with zero attached hydrogens (tertiary/aromatic N) is 3. The highest BCUT2D eigenvalue weighted by molar-refractivity contribution is 5.84. The van der Waals surface area contributed by atoms with Gasteiger partial charge in [0.15, 0.2) is 17.5 Å². The first kappa shape index (κ1) is 18.7. The van der Waals surface area contributed by atoms with E-state index in [1.165, 1.54) is 18.1 Å². The highest BCUT2D eigenvalue weighted by Crippen LogP contribution is 2.18. The molecule has 7 heteroatoms. The molecule has 0 aliphatic heterocycles. The number of ether oxygens (including phenoxy) is 1. The van der Waals surface area contributed by atoms with Crippen LogP contribution in [0.1, 0.15) is 12.5 Å². The van der Waals surface area contributed by atoms with Crippen molar-refractivity contribution < 1.29 is 13.9 Å². The summed E-state index contributed by atoms with van der Waals surface area (Å²) in [5.74, 6) is 0.333. The van der Waals surface area contributed by atoms with Crippen molar-refractivity contribution >= 4 is 11.9 Å². The third-order valence-electron chi connectivity index (χ3n) is 3.20. The van der Waals surface area contributed by atoms with Crippen LogP contribution in [0, 0.1) is 5.82 Å². The zero-order valence-corrected chi connectivity index (χ0v) is 14.4. The molecule has 1 N–H and O–H groups in total. The van der Waals surface area contributed by atoms with E-state index in [9.17, 15) is 9.18 Å². The number of hydrogen-bond acceptors (Lipinski definition) is 3. The molecule has 0 saturated carbocycles. The number of guanidine groups is 1. The molecule has 1 aromatic rings. The van der Waals surface area contributed by atoms with E-state index >= 15 is 0 Å². The lowest BCUT2D eigenvalue weighted by molar-refractivity contribution is -0.127. The summed E-state index contributed by atoms with van der Waals surface area (Å²) in [5, 5.41) is 3.12. The Kier molecular flexibility index (Phi) is 7.31. The number of halogens is 1. The maximum Gasteiger partial charge on any atom is 0.243 e. The monoisotopic (exact) mass is 324 g/mol. The third kappa shape index (κ3) is 5.77. The lowest BCUT2D eigenvalue weighted by Crippen LogP contribution is -2.39. The van der Waals surface area contributed by atoms with E-state index in [0.29, 0.717) is 19.0 Å². The van der Waals surface area contributed by atoms with Crippen molar-refractivity contribution in [1.29, 1.82) is 0 Å². The second-order valence-corrected chi connectivity index (χ2v) is 5.28. The third-order valence-corrected chi connectivity index (χ3v) is 3.20. The van der Waals surface area contributed by atoms with Crippen molar-refractivity contribution in [3.63, 3.8) is 0 Å². The number of likely N-dealkylation sites (N-methyl/N-ethyl adjacent to an activating group) is 1. The number of carbonyl (C=O) groups is 1. The summed E-state index contributed by atoms with van der Waals surface area (Å²) in [6.07, 6.45) is 0. The van der Waals surface area contributed by atoms with Gasteiger partial charge >= 0.3 is 0 Å². The molecule has 0 atom stereocenters. The number of rotatable bonds is 6. The molecular formula is C16H25FN4O2. The second-order valence-electron chi connectivity index (χ2n) is 5.28. The molecule has 0 aliphatic rings. The van der Waals surface area contributed by atoms with Crippen LogP contribution in [0.3, 0.4) is 0 Å². The molecule has 1 rings (SSSR count). The quantitative estimate of drug-likeness (QED) is 0.633. The Labute approximate surface area is 136 Å². The van der Waals surface area contributed by atoms with Crippen LogP contribution in [-0.2, 0) is 11.3 Å². The number of benzene rings is 1. The predicted molar refractivity (Wildman–Crippen MR) is 89.1 cm³/mol. The highest BCUT2D eigenvalue weighted by atomic mass is 19.1. The summed E-state index contributed by atoms with van der Waals surface area (Å²) in [5.41, 5.74) is 0.787. The normalized spacial score (nSPS) is 11.1. The van der Waals surface area contributed by atoms with Crippen LogP contribution in [0.4, 0.5) is 4.39 Å². The van der Waals surface area contributed by atoms with Crippen LogP contribution in [0.25, 0.3) is 0 Å². The Hall–Kier alpha value is -2.31. The SMILES string of the molecule is CCNC(=NCC(=O)N(C)C)N(C)Cc1ccc(OC)c(F)c1. The van der Waals surface area contributed by atoms with E-state index in [-0.39, 0.29) is 18.2 Å². The Morgan fingerprint density at radius 3 is 2.57 bits per heavy atom. The van der Waals surface area contributed by atoms with Crippen molar-refractivity contribution in [3.8, 4) is 5.75 Å². The zero-order valence-electron chi connectivity index (χ0n) is 14.4.